The van der Waals surface area contributed by atoms with Crippen LogP contribution in [0.15, 0.2) is 66.7 Å². The van der Waals surface area contributed by atoms with Gasteiger partial charge >= 0.3 is 18.1 Å². The number of aromatic hydroxyl groups is 3. The summed E-state index contributed by atoms with van der Waals surface area (Å²) in [6.45, 7) is 1.04. The van der Waals surface area contributed by atoms with E-state index in [-0.39, 0.29) is 28.3 Å². The largest absolute Gasteiger partial charge is 0.508 e. The average molecular weight is 605 g/mol. The number of amides is 1. The van der Waals surface area contributed by atoms with Crippen LogP contribution in [0.3, 0.4) is 0 Å². The van der Waals surface area contributed by atoms with E-state index in [1.807, 2.05) is 0 Å². The van der Waals surface area contributed by atoms with Gasteiger partial charge in [-0.2, -0.15) is 13.2 Å². The first-order valence-corrected chi connectivity index (χ1v) is 12.8. The molecule has 0 bridgehead atoms. The Balaban J connectivity index is 0.000000646. The molecule has 1 aliphatic rings. The van der Waals surface area contributed by atoms with Crippen LogP contribution in [-0.2, 0) is 9.53 Å². The van der Waals surface area contributed by atoms with Crippen LogP contribution >= 0.6 is 0 Å². The van der Waals surface area contributed by atoms with E-state index in [1.54, 1.807) is 30.3 Å². The van der Waals surface area contributed by atoms with E-state index < -0.39 is 47.5 Å². The van der Waals surface area contributed by atoms with Crippen molar-refractivity contribution >= 4 is 23.6 Å². The fraction of sp³-hybridized carbons (Fsp3) is 0.241. The number of ether oxygens (including phenoxy) is 1. The third-order valence-electron chi connectivity index (χ3n) is 6.20. The lowest BCUT2D eigenvalue weighted by atomic mass is 9.99. The number of phenolic OH excluding ortho intramolecular Hbond substituents is 3. The van der Waals surface area contributed by atoms with Gasteiger partial charge in [0.25, 0.3) is 5.91 Å². The molecule has 14 heteroatoms. The number of alkyl halides is 3. The number of carbonyl (C=O) groups is 4. The van der Waals surface area contributed by atoms with Crippen molar-refractivity contribution in [1.82, 2.24) is 10.6 Å². The van der Waals surface area contributed by atoms with Gasteiger partial charge in [0, 0.05) is 17.7 Å². The second-order valence-electron chi connectivity index (χ2n) is 9.30. The highest BCUT2D eigenvalue weighted by Gasteiger charge is 2.38. The van der Waals surface area contributed by atoms with Gasteiger partial charge in [0.2, 0.25) is 0 Å². The van der Waals surface area contributed by atoms with Gasteiger partial charge < -0.3 is 35.8 Å². The molecule has 0 saturated carbocycles. The van der Waals surface area contributed by atoms with Crippen LogP contribution in [0.2, 0.25) is 0 Å². The molecule has 11 nitrogen and oxygen atoms in total. The van der Waals surface area contributed by atoms with E-state index in [1.165, 1.54) is 24.3 Å². The molecule has 2 atom stereocenters. The monoisotopic (exact) mass is 604 g/mol. The van der Waals surface area contributed by atoms with Gasteiger partial charge in [-0.25, -0.2) is 9.59 Å². The van der Waals surface area contributed by atoms with E-state index in [9.17, 15) is 42.9 Å². The highest BCUT2D eigenvalue weighted by atomic mass is 19.4. The lowest BCUT2D eigenvalue weighted by molar-refractivity contribution is -0.192. The molecule has 228 valence electrons. The molecule has 0 aromatic heterocycles. The first-order valence-electron chi connectivity index (χ1n) is 12.8. The van der Waals surface area contributed by atoms with Crippen molar-refractivity contribution < 1.29 is 57.5 Å². The number of carboxylic acids is 1. The van der Waals surface area contributed by atoms with Crippen LogP contribution in [0.4, 0.5) is 13.2 Å². The van der Waals surface area contributed by atoms with Crippen LogP contribution in [-0.4, -0.2) is 75.5 Å². The molecule has 1 aliphatic heterocycles. The molecule has 6 N–H and O–H groups in total. The summed E-state index contributed by atoms with van der Waals surface area (Å²) in [7, 11) is 0. The Labute approximate surface area is 242 Å². The smallest absolute Gasteiger partial charge is 0.490 e. The number of phenols is 3. The third-order valence-corrected chi connectivity index (χ3v) is 6.20. The Morgan fingerprint density at radius 1 is 0.860 bits per heavy atom. The Kier molecular flexibility index (Phi) is 10.7. The van der Waals surface area contributed by atoms with Gasteiger partial charge in [-0.1, -0.05) is 30.3 Å². The number of hydrogen-bond acceptors (Lipinski definition) is 9. The lowest BCUT2D eigenvalue weighted by Crippen LogP contribution is -2.49. The predicted molar refractivity (Wildman–Crippen MR) is 144 cm³/mol. The summed E-state index contributed by atoms with van der Waals surface area (Å²) in [5, 5.41) is 43.5. The molecule has 0 aliphatic carbocycles. The number of ketones is 1. The average Bonchev–Trinajstić information content (AvgIpc) is 3.17. The number of halogens is 3. The maximum Gasteiger partial charge on any atom is 0.490 e. The maximum absolute atomic E-state index is 12.9. The lowest BCUT2D eigenvalue weighted by Gasteiger charge is -2.26. The third kappa shape index (κ3) is 8.94. The molecule has 1 saturated heterocycles. The van der Waals surface area contributed by atoms with Gasteiger partial charge in [-0.3, -0.25) is 9.59 Å². The molecule has 3 aromatic rings. The Morgan fingerprint density at radius 2 is 1.44 bits per heavy atom. The minimum Gasteiger partial charge on any atom is -0.508 e. The van der Waals surface area contributed by atoms with E-state index in [0.717, 1.165) is 12.1 Å². The summed E-state index contributed by atoms with van der Waals surface area (Å²) >= 11 is 0. The zero-order valence-corrected chi connectivity index (χ0v) is 22.3. The number of nitrogens with one attached hydrogen (secondary N) is 2. The molecule has 0 unspecified atom stereocenters. The minimum absolute atomic E-state index is 0.0393. The zero-order chi connectivity index (χ0) is 31.7. The number of rotatable bonds is 6. The fourth-order valence-corrected chi connectivity index (χ4v) is 4.07. The number of aliphatic carboxylic acids is 1. The van der Waals surface area contributed by atoms with Gasteiger partial charge in [-0.15, -0.1) is 0 Å². The summed E-state index contributed by atoms with van der Waals surface area (Å²) < 4.78 is 37.4. The van der Waals surface area contributed by atoms with E-state index in [2.05, 4.69) is 10.6 Å². The van der Waals surface area contributed by atoms with Crippen molar-refractivity contribution in [2.45, 2.75) is 31.2 Å². The van der Waals surface area contributed by atoms with E-state index in [0.29, 0.717) is 31.5 Å². The predicted octanol–water partition coefficient (Wildman–Crippen LogP) is 3.38. The summed E-state index contributed by atoms with van der Waals surface area (Å²) in [5.41, 5.74) is 0.179. The van der Waals surface area contributed by atoms with Crippen molar-refractivity contribution in [3.05, 3.63) is 89.0 Å². The highest BCUT2D eigenvalue weighted by Crippen LogP contribution is 2.32. The Bertz CT molecular complexity index is 1440. The Morgan fingerprint density at radius 3 is 2.00 bits per heavy atom. The van der Waals surface area contributed by atoms with Crippen LogP contribution < -0.4 is 10.6 Å². The van der Waals surface area contributed by atoms with Crippen molar-refractivity contribution in [1.29, 1.82) is 0 Å². The van der Waals surface area contributed by atoms with Crippen molar-refractivity contribution in [2.75, 3.05) is 13.1 Å². The number of carboxylic acid groups (broad SMARTS) is 1. The normalized spacial score (nSPS) is 16.5. The molecule has 0 spiro atoms. The SMILES string of the molecule is O=C(N[C@H]1CNCCC[C@@H]1OC(=O)c1cc(O)c(C(=O)c2ccccc2)c(O)c1)c1ccc(O)cc1.O=C(O)C(F)(F)F. The van der Waals surface area contributed by atoms with Gasteiger partial charge in [0.05, 0.1) is 11.6 Å². The van der Waals surface area contributed by atoms with Crippen molar-refractivity contribution in [3.8, 4) is 17.2 Å². The molecule has 1 heterocycles. The van der Waals surface area contributed by atoms with E-state index in [4.69, 9.17) is 14.6 Å². The molecular weight excluding hydrogens is 577 g/mol. The minimum atomic E-state index is -5.08. The summed E-state index contributed by atoms with van der Waals surface area (Å²) in [6.07, 6.45) is -4.59. The van der Waals surface area contributed by atoms with E-state index >= 15 is 0 Å². The second kappa shape index (κ2) is 14.2. The first-order chi connectivity index (χ1) is 20.3. The quantitative estimate of drug-likeness (QED) is 0.180. The van der Waals surface area contributed by atoms with Gasteiger partial charge in [0.15, 0.2) is 5.78 Å². The van der Waals surface area contributed by atoms with Crippen molar-refractivity contribution in [3.63, 3.8) is 0 Å². The molecule has 4 rings (SSSR count). The van der Waals surface area contributed by atoms with Crippen LogP contribution in [0.1, 0.15) is 49.5 Å². The maximum atomic E-state index is 12.9. The number of esters is 1. The van der Waals surface area contributed by atoms with Gasteiger partial charge in [0.1, 0.15) is 28.9 Å². The topological polar surface area (TPSA) is 182 Å². The second-order valence-corrected chi connectivity index (χ2v) is 9.30. The number of benzene rings is 3. The summed E-state index contributed by atoms with van der Waals surface area (Å²) in [6, 6.07) is 15.6. The molecule has 0 radical (unpaired) electrons. The van der Waals surface area contributed by atoms with Crippen LogP contribution in [0, 0.1) is 0 Å². The molecular formula is C29H27F3N2O9. The molecule has 43 heavy (non-hydrogen) atoms. The van der Waals surface area contributed by atoms with Crippen LogP contribution in [0.25, 0.3) is 0 Å². The summed E-state index contributed by atoms with van der Waals surface area (Å²) in [5.74, 6) is -5.59. The standard InChI is InChI=1S/C27H26N2O7.C2HF3O2/c30-19-10-8-17(9-11-19)26(34)29-20-15-28-12-4-7-23(20)36-27(35)18-13-21(31)24(22(32)14-18)25(33)16-5-2-1-3-6-16;3-2(4,5)1(6)7/h1-3,5-6,8-11,13-14,20,23,28,30-32H,4,7,12,15H2,(H,29,34);(H,6,7)/t20-,23-;/m0./s1. The number of hydrogen-bond donors (Lipinski definition) is 6. The van der Waals surface area contributed by atoms with Gasteiger partial charge in [-0.05, 0) is 55.8 Å². The highest BCUT2D eigenvalue weighted by molar-refractivity contribution is 6.13. The Hall–Kier alpha value is -5.11. The van der Waals surface area contributed by atoms with Crippen molar-refractivity contribution in [2.24, 2.45) is 0 Å². The fourth-order valence-electron chi connectivity index (χ4n) is 4.07. The molecule has 1 fully saturated rings. The zero-order valence-electron chi connectivity index (χ0n) is 22.3. The molecule has 3 aromatic carbocycles. The number of carbonyl (C=O) groups excluding carboxylic acids is 3. The summed E-state index contributed by atoms with van der Waals surface area (Å²) in [4.78, 5) is 47.2. The molecule has 1 amide bonds. The first kappa shape index (κ1) is 32.4. The van der Waals surface area contributed by atoms with Crippen LogP contribution in [0.5, 0.6) is 17.2 Å².